The molecule has 1 heterocycles. The lowest BCUT2D eigenvalue weighted by atomic mass is 10.3. The minimum atomic E-state index is -0.369. The first-order valence-electron chi connectivity index (χ1n) is 6.41. The summed E-state index contributed by atoms with van der Waals surface area (Å²) in [6, 6.07) is 7.24. The number of hydrogen-bond donors (Lipinski definition) is 1. The van der Waals surface area contributed by atoms with E-state index >= 15 is 0 Å². The number of benzene rings is 1. The van der Waals surface area contributed by atoms with Crippen LogP contribution in [0.5, 0.6) is 11.5 Å². The number of ether oxygens (including phenoxy) is 2. The Balaban J connectivity index is 1.72. The third kappa shape index (κ3) is 3.86. The van der Waals surface area contributed by atoms with E-state index in [0.717, 1.165) is 11.5 Å². The second-order valence-electron chi connectivity index (χ2n) is 4.56. The zero-order valence-electron chi connectivity index (χ0n) is 11.0. The number of carbonyl (C=O) groups excluding carboxylic acids is 1. The van der Waals surface area contributed by atoms with Gasteiger partial charge in [-0.05, 0) is 30.7 Å². The molecule has 0 bridgehead atoms. The van der Waals surface area contributed by atoms with Gasteiger partial charge in [-0.3, -0.25) is 4.79 Å². The summed E-state index contributed by atoms with van der Waals surface area (Å²) in [6.07, 6.45) is 0.635. The standard InChI is InChI=1S/C14H19NO4/c1-18-12-2-4-13(5-3-12)19-9-7-14(17)15-8-6-11(16)10-15/h2-5,11,16H,6-10H2,1H3. The van der Waals surface area contributed by atoms with Gasteiger partial charge < -0.3 is 19.5 Å². The summed E-state index contributed by atoms with van der Waals surface area (Å²) in [5, 5.41) is 9.36. The van der Waals surface area contributed by atoms with Crippen LogP contribution in [0.4, 0.5) is 0 Å². The molecular weight excluding hydrogens is 246 g/mol. The van der Waals surface area contributed by atoms with E-state index in [4.69, 9.17) is 9.47 Å². The van der Waals surface area contributed by atoms with Crippen molar-refractivity contribution in [3.05, 3.63) is 24.3 Å². The van der Waals surface area contributed by atoms with Gasteiger partial charge in [-0.2, -0.15) is 0 Å². The maximum absolute atomic E-state index is 11.8. The summed E-state index contributed by atoms with van der Waals surface area (Å²) in [5.74, 6) is 1.52. The zero-order chi connectivity index (χ0) is 13.7. The first-order chi connectivity index (χ1) is 9.19. The van der Waals surface area contributed by atoms with E-state index in [-0.39, 0.29) is 12.0 Å². The summed E-state index contributed by atoms with van der Waals surface area (Å²) in [7, 11) is 1.61. The molecule has 0 aliphatic carbocycles. The van der Waals surface area contributed by atoms with Crippen molar-refractivity contribution in [3.63, 3.8) is 0 Å². The van der Waals surface area contributed by atoms with Crippen molar-refractivity contribution in [3.8, 4) is 11.5 Å². The summed E-state index contributed by atoms with van der Waals surface area (Å²) in [5.41, 5.74) is 0. The Morgan fingerprint density at radius 3 is 2.63 bits per heavy atom. The lowest BCUT2D eigenvalue weighted by Crippen LogP contribution is -2.30. The van der Waals surface area contributed by atoms with Crippen LogP contribution in [0.1, 0.15) is 12.8 Å². The molecule has 0 aromatic heterocycles. The SMILES string of the molecule is COc1ccc(OCCC(=O)N2CCC(O)C2)cc1. The van der Waals surface area contributed by atoms with Gasteiger partial charge in [-0.1, -0.05) is 0 Å². The molecule has 1 N–H and O–H groups in total. The van der Waals surface area contributed by atoms with E-state index in [2.05, 4.69) is 0 Å². The Morgan fingerprint density at radius 2 is 2.05 bits per heavy atom. The van der Waals surface area contributed by atoms with Gasteiger partial charge in [-0.15, -0.1) is 0 Å². The number of nitrogens with zero attached hydrogens (tertiary/aromatic N) is 1. The summed E-state index contributed by atoms with van der Waals surface area (Å²) in [6.45, 7) is 1.43. The van der Waals surface area contributed by atoms with E-state index in [0.29, 0.717) is 32.5 Å². The van der Waals surface area contributed by atoms with Crippen LogP contribution in [0.25, 0.3) is 0 Å². The number of likely N-dealkylation sites (tertiary alicyclic amines) is 1. The fourth-order valence-corrected chi connectivity index (χ4v) is 2.05. The van der Waals surface area contributed by atoms with Crippen LogP contribution in [0.2, 0.25) is 0 Å². The minimum Gasteiger partial charge on any atom is -0.497 e. The Hall–Kier alpha value is -1.75. The molecule has 5 heteroatoms. The molecule has 1 aliphatic heterocycles. The van der Waals surface area contributed by atoms with Gasteiger partial charge in [0, 0.05) is 13.1 Å². The zero-order valence-corrected chi connectivity index (χ0v) is 11.0. The highest BCUT2D eigenvalue weighted by Crippen LogP contribution is 2.17. The lowest BCUT2D eigenvalue weighted by Gasteiger charge is -2.15. The molecule has 0 radical (unpaired) electrons. The number of methoxy groups -OCH3 is 1. The van der Waals surface area contributed by atoms with Crippen LogP contribution in [-0.2, 0) is 4.79 Å². The maximum atomic E-state index is 11.8. The average Bonchev–Trinajstić information content (AvgIpc) is 2.86. The molecule has 1 unspecified atom stereocenters. The number of rotatable bonds is 5. The van der Waals surface area contributed by atoms with E-state index in [9.17, 15) is 9.90 Å². The molecule has 1 amide bonds. The number of amides is 1. The molecule has 2 rings (SSSR count). The molecule has 1 aliphatic rings. The number of aliphatic hydroxyl groups is 1. The molecule has 0 saturated carbocycles. The largest absolute Gasteiger partial charge is 0.497 e. The van der Waals surface area contributed by atoms with Crippen molar-refractivity contribution < 1.29 is 19.4 Å². The fraction of sp³-hybridized carbons (Fsp3) is 0.500. The molecule has 1 atom stereocenters. The van der Waals surface area contributed by atoms with E-state index < -0.39 is 0 Å². The lowest BCUT2D eigenvalue weighted by molar-refractivity contribution is -0.131. The van der Waals surface area contributed by atoms with Gasteiger partial charge >= 0.3 is 0 Å². The molecule has 1 saturated heterocycles. The monoisotopic (exact) mass is 265 g/mol. The Bertz CT molecular complexity index is 418. The molecule has 19 heavy (non-hydrogen) atoms. The van der Waals surface area contributed by atoms with Crippen LogP contribution < -0.4 is 9.47 Å². The molecule has 104 valence electrons. The predicted octanol–water partition coefficient (Wildman–Crippen LogP) is 1.06. The van der Waals surface area contributed by atoms with Crippen LogP contribution >= 0.6 is 0 Å². The molecule has 1 aromatic carbocycles. The van der Waals surface area contributed by atoms with Crippen molar-refractivity contribution in [2.45, 2.75) is 18.9 Å². The second-order valence-corrected chi connectivity index (χ2v) is 4.56. The number of carbonyl (C=O) groups is 1. The molecular formula is C14H19NO4. The number of β-amino-alcohol motifs (C(OH)–C–C–N with tert-alkyl or cyclic N) is 1. The summed E-state index contributed by atoms with van der Waals surface area (Å²) >= 11 is 0. The number of aliphatic hydroxyl groups excluding tert-OH is 1. The minimum absolute atomic E-state index is 0.0325. The highest BCUT2D eigenvalue weighted by atomic mass is 16.5. The van der Waals surface area contributed by atoms with Crippen LogP contribution in [0.15, 0.2) is 24.3 Å². The van der Waals surface area contributed by atoms with Crippen molar-refractivity contribution in [2.75, 3.05) is 26.8 Å². The Morgan fingerprint density at radius 1 is 1.37 bits per heavy atom. The van der Waals surface area contributed by atoms with Gasteiger partial charge in [0.1, 0.15) is 11.5 Å². The maximum Gasteiger partial charge on any atom is 0.226 e. The summed E-state index contributed by atoms with van der Waals surface area (Å²) < 4.78 is 10.5. The predicted molar refractivity (Wildman–Crippen MR) is 70.3 cm³/mol. The Labute approximate surface area is 112 Å². The average molecular weight is 265 g/mol. The fourth-order valence-electron chi connectivity index (χ4n) is 2.05. The quantitative estimate of drug-likeness (QED) is 0.864. The van der Waals surface area contributed by atoms with Gasteiger partial charge in [0.25, 0.3) is 0 Å². The third-order valence-corrected chi connectivity index (χ3v) is 3.16. The van der Waals surface area contributed by atoms with Crippen LogP contribution in [0.3, 0.4) is 0 Å². The van der Waals surface area contributed by atoms with Gasteiger partial charge in [-0.25, -0.2) is 0 Å². The van der Waals surface area contributed by atoms with Crippen molar-refractivity contribution in [2.24, 2.45) is 0 Å². The second kappa shape index (κ2) is 6.43. The van der Waals surface area contributed by atoms with Crippen LogP contribution in [-0.4, -0.2) is 48.8 Å². The number of hydrogen-bond acceptors (Lipinski definition) is 4. The molecule has 5 nitrogen and oxygen atoms in total. The molecule has 1 fully saturated rings. The topological polar surface area (TPSA) is 59.0 Å². The van der Waals surface area contributed by atoms with Gasteiger partial charge in [0.05, 0.1) is 26.2 Å². The normalized spacial score (nSPS) is 18.4. The van der Waals surface area contributed by atoms with Crippen molar-refractivity contribution >= 4 is 5.91 Å². The van der Waals surface area contributed by atoms with Gasteiger partial charge in [0.2, 0.25) is 5.91 Å². The smallest absolute Gasteiger partial charge is 0.226 e. The highest BCUT2D eigenvalue weighted by molar-refractivity contribution is 5.76. The Kier molecular flexibility index (Phi) is 4.63. The summed E-state index contributed by atoms with van der Waals surface area (Å²) in [4.78, 5) is 13.5. The van der Waals surface area contributed by atoms with E-state index in [1.807, 2.05) is 24.3 Å². The first-order valence-corrected chi connectivity index (χ1v) is 6.41. The molecule has 0 spiro atoms. The highest BCUT2D eigenvalue weighted by Gasteiger charge is 2.23. The first kappa shape index (κ1) is 13.7. The van der Waals surface area contributed by atoms with Crippen molar-refractivity contribution in [1.29, 1.82) is 0 Å². The van der Waals surface area contributed by atoms with Crippen molar-refractivity contribution in [1.82, 2.24) is 4.90 Å². The van der Waals surface area contributed by atoms with Gasteiger partial charge in [0.15, 0.2) is 0 Å². The third-order valence-electron chi connectivity index (χ3n) is 3.16. The molecule has 1 aromatic rings. The van der Waals surface area contributed by atoms with E-state index in [1.165, 1.54) is 0 Å². The van der Waals surface area contributed by atoms with E-state index in [1.54, 1.807) is 12.0 Å². The van der Waals surface area contributed by atoms with Crippen LogP contribution in [0, 0.1) is 0 Å².